The maximum Gasteiger partial charge on any atom is 0.340 e. The van der Waals surface area contributed by atoms with Crippen LogP contribution >= 0.6 is 11.3 Å². The van der Waals surface area contributed by atoms with E-state index >= 15 is 0 Å². The monoisotopic (exact) mass is 381 g/mol. The third-order valence-electron chi connectivity index (χ3n) is 3.72. The van der Waals surface area contributed by atoms with Gasteiger partial charge in [-0.25, -0.2) is 9.78 Å². The Kier molecular flexibility index (Phi) is 5.77. The Labute approximate surface area is 160 Å². The van der Waals surface area contributed by atoms with Crippen LogP contribution < -0.4 is 11.2 Å². The summed E-state index contributed by atoms with van der Waals surface area (Å²) in [4.78, 5) is 20.7. The lowest BCUT2D eigenvalue weighted by Gasteiger charge is -2.11. The molecule has 0 bridgehead atoms. The van der Waals surface area contributed by atoms with Crippen LogP contribution in [0.3, 0.4) is 0 Å². The fourth-order valence-electron chi connectivity index (χ4n) is 2.46. The maximum absolute atomic E-state index is 12.3. The number of carbonyl (C=O) groups is 1. The molecule has 2 heterocycles. The van der Waals surface area contributed by atoms with E-state index in [1.165, 1.54) is 11.3 Å². The zero-order valence-electron chi connectivity index (χ0n) is 15.0. The number of hydrazone groups is 1. The summed E-state index contributed by atoms with van der Waals surface area (Å²) in [5.74, 6) is 0.0979. The minimum Gasteiger partial charge on any atom is -0.462 e. The zero-order chi connectivity index (χ0) is 19.2. The Morgan fingerprint density at radius 1 is 1.33 bits per heavy atom. The SMILES string of the molecule is CCOC(=O)c1c(C)ccnc1-c1ccc(C=NNc2nc(N)cs2)cc1. The molecule has 0 amide bonds. The lowest BCUT2D eigenvalue weighted by Crippen LogP contribution is -2.09. The highest BCUT2D eigenvalue weighted by molar-refractivity contribution is 7.14. The van der Waals surface area contributed by atoms with Crippen LogP contribution in [-0.4, -0.2) is 28.8 Å². The Bertz CT molecular complexity index is 966. The number of nitrogens with zero attached hydrogens (tertiary/aromatic N) is 3. The van der Waals surface area contributed by atoms with Crippen molar-refractivity contribution in [3.8, 4) is 11.3 Å². The number of hydrogen-bond acceptors (Lipinski definition) is 8. The molecular weight excluding hydrogens is 362 g/mol. The number of aromatic nitrogens is 2. The van der Waals surface area contributed by atoms with Gasteiger partial charge in [-0.2, -0.15) is 5.10 Å². The fourth-order valence-corrected chi connectivity index (χ4v) is 3.01. The van der Waals surface area contributed by atoms with Gasteiger partial charge in [-0.15, -0.1) is 11.3 Å². The molecule has 3 N–H and O–H groups in total. The molecule has 7 nitrogen and oxygen atoms in total. The second-order valence-electron chi connectivity index (χ2n) is 5.64. The third kappa shape index (κ3) is 4.48. The number of nitrogens with two attached hydrogens (primary N) is 1. The number of anilines is 2. The Morgan fingerprint density at radius 3 is 2.78 bits per heavy atom. The molecule has 0 aliphatic rings. The van der Waals surface area contributed by atoms with E-state index < -0.39 is 0 Å². The number of ether oxygens (including phenoxy) is 1. The molecule has 0 spiro atoms. The number of rotatable bonds is 6. The van der Waals surface area contributed by atoms with Crippen molar-refractivity contribution in [2.24, 2.45) is 5.10 Å². The third-order valence-corrected chi connectivity index (χ3v) is 4.48. The van der Waals surface area contributed by atoms with Crippen LogP contribution in [0.25, 0.3) is 11.3 Å². The van der Waals surface area contributed by atoms with E-state index in [2.05, 4.69) is 20.5 Å². The van der Waals surface area contributed by atoms with Gasteiger partial charge in [0.1, 0.15) is 5.82 Å². The minimum absolute atomic E-state index is 0.319. The molecule has 2 aromatic heterocycles. The normalized spacial score (nSPS) is 10.9. The average Bonchev–Trinajstić information content (AvgIpc) is 3.07. The lowest BCUT2D eigenvalue weighted by molar-refractivity contribution is 0.0526. The van der Waals surface area contributed by atoms with Gasteiger partial charge in [0.15, 0.2) is 0 Å². The van der Waals surface area contributed by atoms with Crippen molar-refractivity contribution in [2.45, 2.75) is 13.8 Å². The number of nitrogen functional groups attached to an aromatic ring is 1. The number of pyridine rings is 1. The smallest absolute Gasteiger partial charge is 0.340 e. The molecule has 3 rings (SSSR count). The van der Waals surface area contributed by atoms with Gasteiger partial charge in [0, 0.05) is 17.1 Å². The molecule has 0 atom stereocenters. The van der Waals surface area contributed by atoms with Crippen LogP contribution in [-0.2, 0) is 4.74 Å². The van der Waals surface area contributed by atoms with Crippen LogP contribution in [0.15, 0.2) is 47.0 Å². The number of carbonyl (C=O) groups excluding carboxylic acids is 1. The average molecular weight is 381 g/mol. The highest BCUT2D eigenvalue weighted by Crippen LogP contribution is 2.25. The predicted octanol–water partition coefficient (Wildman–Crippen LogP) is 3.72. The van der Waals surface area contributed by atoms with Gasteiger partial charge in [0.05, 0.1) is 24.1 Å². The first-order chi connectivity index (χ1) is 13.1. The molecule has 27 heavy (non-hydrogen) atoms. The summed E-state index contributed by atoms with van der Waals surface area (Å²) in [6, 6.07) is 9.39. The molecule has 0 radical (unpaired) electrons. The molecule has 1 aromatic carbocycles. The second kappa shape index (κ2) is 8.41. The fraction of sp³-hybridized carbons (Fsp3) is 0.158. The summed E-state index contributed by atoms with van der Waals surface area (Å²) in [6.45, 7) is 3.97. The number of benzene rings is 1. The standard InChI is InChI=1S/C19H19N5O2S/c1-3-26-18(25)16-12(2)8-9-21-17(16)14-6-4-13(5-7-14)10-22-24-19-23-15(20)11-27-19/h4-11H,3,20H2,1-2H3,(H,23,24). The minimum atomic E-state index is -0.365. The van der Waals surface area contributed by atoms with Crippen LogP contribution in [0.2, 0.25) is 0 Å². The molecular formula is C19H19N5O2S. The predicted molar refractivity (Wildman–Crippen MR) is 108 cm³/mol. The molecule has 138 valence electrons. The summed E-state index contributed by atoms with van der Waals surface area (Å²) in [6.07, 6.45) is 3.36. The molecule has 0 unspecified atom stereocenters. The summed E-state index contributed by atoms with van der Waals surface area (Å²) in [7, 11) is 0. The van der Waals surface area contributed by atoms with Crippen molar-refractivity contribution >= 4 is 34.5 Å². The van der Waals surface area contributed by atoms with Crippen molar-refractivity contribution in [1.82, 2.24) is 9.97 Å². The first-order valence-corrected chi connectivity index (χ1v) is 9.19. The van der Waals surface area contributed by atoms with E-state index in [1.807, 2.05) is 31.2 Å². The van der Waals surface area contributed by atoms with Gasteiger partial charge >= 0.3 is 5.97 Å². The van der Waals surface area contributed by atoms with E-state index in [-0.39, 0.29) is 5.97 Å². The quantitative estimate of drug-likeness (QED) is 0.383. The molecule has 8 heteroatoms. The summed E-state index contributed by atoms with van der Waals surface area (Å²) < 4.78 is 5.17. The first kappa shape index (κ1) is 18.5. The van der Waals surface area contributed by atoms with Gasteiger partial charge in [-0.1, -0.05) is 24.3 Å². The van der Waals surface area contributed by atoms with Crippen LogP contribution in [0, 0.1) is 6.92 Å². The second-order valence-corrected chi connectivity index (χ2v) is 6.50. The van der Waals surface area contributed by atoms with E-state index in [0.29, 0.717) is 28.8 Å². The van der Waals surface area contributed by atoms with Crippen molar-refractivity contribution in [3.05, 3.63) is 58.6 Å². The number of hydrogen-bond donors (Lipinski definition) is 2. The number of nitrogens with one attached hydrogen (secondary N) is 1. The summed E-state index contributed by atoms with van der Waals surface area (Å²) >= 11 is 1.38. The van der Waals surface area contributed by atoms with Gasteiger partial charge < -0.3 is 10.5 Å². The van der Waals surface area contributed by atoms with Crippen LogP contribution in [0.4, 0.5) is 10.9 Å². The van der Waals surface area contributed by atoms with Crippen molar-refractivity contribution in [1.29, 1.82) is 0 Å². The van der Waals surface area contributed by atoms with Gasteiger partial charge in [0.2, 0.25) is 5.13 Å². The maximum atomic E-state index is 12.3. The number of esters is 1. The number of thiazole rings is 1. The van der Waals surface area contributed by atoms with E-state index in [9.17, 15) is 4.79 Å². The topological polar surface area (TPSA) is 102 Å². The van der Waals surface area contributed by atoms with E-state index in [4.69, 9.17) is 10.5 Å². The van der Waals surface area contributed by atoms with Crippen molar-refractivity contribution in [3.63, 3.8) is 0 Å². The molecule has 0 saturated heterocycles. The molecule has 0 saturated carbocycles. The van der Waals surface area contributed by atoms with Crippen molar-refractivity contribution in [2.75, 3.05) is 17.8 Å². The van der Waals surface area contributed by atoms with Gasteiger partial charge in [-0.3, -0.25) is 10.4 Å². The lowest BCUT2D eigenvalue weighted by atomic mass is 10.0. The number of aryl methyl sites for hydroxylation is 1. The molecule has 0 aliphatic carbocycles. The van der Waals surface area contributed by atoms with Gasteiger partial charge in [0.25, 0.3) is 0 Å². The van der Waals surface area contributed by atoms with E-state index in [1.54, 1.807) is 30.8 Å². The zero-order valence-corrected chi connectivity index (χ0v) is 15.8. The summed E-state index contributed by atoms with van der Waals surface area (Å²) in [5, 5.41) is 6.51. The van der Waals surface area contributed by atoms with Gasteiger partial charge in [-0.05, 0) is 31.0 Å². The Hall–Kier alpha value is -3.26. The van der Waals surface area contributed by atoms with Crippen LogP contribution in [0.5, 0.6) is 0 Å². The molecule has 0 fully saturated rings. The largest absolute Gasteiger partial charge is 0.462 e. The van der Waals surface area contributed by atoms with Crippen LogP contribution in [0.1, 0.15) is 28.4 Å². The molecule has 3 aromatic rings. The highest BCUT2D eigenvalue weighted by atomic mass is 32.1. The van der Waals surface area contributed by atoms with Crippen molar-refractivity contribution < 1.29 is 9.53 Å². The Balaban J connectivity index is 1.79. The molecule has 0 aliphatic heterocycles. The first-order valence-electron chi connectivity index (χ1n) is 8.31. The summed E-state index contributed by atoms with van der Waals surface area (Å²) in [5.41, 5.74) is 12.0. The van der Waals surface area contributed by atoms with E-state index in [0.717, 1.165) is 16.7 Å². The highest BCUT2D eigenvalue weighted by Gasteiger charge is 2.17. The Morgan fingerprint density at radius 2 is 2.11 bits per heavy atom.